The number of amides is 1. The van der Waals surface area contributed by atoms with E-state index in [0.717, 1.165) is 25.8 Å². The number of aromatic nitrogens is 2. The number of carbonyl (C=O) groups is 2. The highest BCUT2D eigenvalue weighted by molar-refractivity contribution is 5.75. The summed E-state index contributed by atoms with van der Waals surface area (Å²) in [7, 11) is 0. The average Bonchev–Trinajstić information content (AvgIpc) is 2.61. The van der Waals surface area contributed by atoms with Gasteiger partial charge in [0.15, 0.2) is 0 Å². The molecule has 2 heterocycles. The van der Waals surface area contributed by atoms with Crippen molar-refractivity contribution in [3.63, 3.8) is 0 Å². The zero-order chi connectivity index (χ0) is 22.0. The van der Waals surface area contributed by atoms with E-state index in [1.54, 1.807) is 18.3 Å². The Balaban J connectivity index is 0.000000516. The Labute approximate surface area is 164 Å². The van der Waals surface area contributed by atoms with Crippen molar-refractivity contribution in [3.05, 3.63) is 46.5 Å². The molecule has 11 heteroatoms. The Hall–Kier alpha value is -2.95. The number of unbranched alkanes of at least 4 members (excludes halogenated alkanes) is 2. The first kappa shape index (κ1) is 24.1. The van der Waals surface area contributed by atoms with E-state index in [2.05, 4.69) is 11.9 Å². The predicted molar refractivity (Wildman–Crippen MR) is 99.1 cm³/mol. The number of fused-ring (bicyclic) bond motifs is 1. The number of primary amides is 1. The van der Waals surface area contributed by atoms with Crippen LogP contribution in [-0.4, -0.2) is 50.5 Å². The molecule has 0 spiro atoms. The highest BCUT2D eigenvalue weighted by Gasteiger charge is 2.38. The van der Waals surface area contributed by atoms with Gasteiger partial charge in [-0.15, -0.1) is 0 Å². The van der Waals surface area contributed by atoms with E-state index in [1.807, 2.05) is 11.0 Å². The van der Waals surface area contributed by atoms with E-state index in [-0.39, 0.29) is 18.0 Å². The van der Waals surface area contributed by atoms with Gasteiger partial charge >= 0.3 is 12.1 Å². The molecule has 0 aliphatic rings. The lowest BCUT2D eigenvalue weighted by Crippen LogP contribution is -2.34. The van der Waals surface area contributed by atoms with Crippen molar-refractivity contribution in [2.45, 2.75) is 38.9 Å². The van der Waals surface area contributed by atoms with Crippen molar-refractivity contribution in [2.75, 3.05) is 13.1 Å². The maximum Gasteiger partial charge on any atom is 0.490 e. The number of carboxylic acid groups (broad SMARTS) is 1. The average molecular weight is 416 g/mol. The number of hydrogen-bond donors (Lipinski definition) is 2. The second-order valence-corrected chi connectivity index (χ2v) is 6.20. The van der Waals surface area contributed by atoms with Crippen LogP contribution in [0.4, 0.5) is 13.2 Å². The van der Waals surface area contributed by atoms with E-state index < -0.39 is 12.1 Å². The molecule has 0 fully saturated rings. The number of alkyl halides is 3. The molecular formula is C18H23F3N4O4. The number of carboxylic acids is 1. The zero-order valence-corrected chi connectivity index (χ0v) is 15.9. The van der Waals surface area contributed by atoms with Crippen LogP contribution in [0.5, 0.6) is 0 Å². The summed E-state index contributed by atoms with van der Waals surface area (Å²) >= 11 is 0. The van der Waals surface area contributed by atoms with Crippen molar-refractivity contribution in [1.82, 2.24) is 14.3 Å². The van der Waals surface area contributed by atoms with Crippen molar-refractivity contribution < 1.29 is 27.9 Å². The van der Waals surface area contributed by atoms with Crippen LogP contribution in [0, 0.1) is 0 Å². The number of nitrogens with zero attached hydrogens (tertiary/aromatic N) is 3. The van der Waals surface area contributed by atoms with Crippen LogP contribution in [0.1, 0.15) is 31.9 Å². The molecule has 2 aromatic heterocycles. The van der Waals surface area contributed by atoms with E-state index in [4.69, 9.17) is 15.6 Å². The molecule has 0 unspecified atom stereocenters. The standard InChI is InChI=1S/C16H22N4O2.C2HF3O2/c1-2-3-5-8-19(12-14(17)21)11-13-10-16(22)20-9-6-4-7-15(20)18-13;3-2(4,5)1(6)7/h4,6-7,9-10H,2-3,5,8,11-12H2,1H3,(H2,17,21);(H,6,7). The Morgan fingerprint density at radius 2 is 1.93 bits per heavy atom. The monoisotopic (exact) mass is 416 g/mol. The van der Waals surface area contributed by atoms with Crippen LogP contribution in [0.2, 0.25) is 0 Å². The third-order valence-corrected chi connectivity index (χ3v) is 3.71. The normalized spacial score (nSPS) is 11.2. The van der Waals surface area contributed by atoms with E-state index >= 15 is 0 Å². The molecule has 0 aliphatic carbocycles. The minimum Gasteiger partial charge on any atom is -0.475 e. The number of halogens is 3. The number of nitrogens with two attached hydrogens (primary N) is 1. The molecule has 2 rings (SSSR count). The molecule has 0 saturated carbocycles. The molecule has 0 saturated heterocycles. The van der Waals surface area contributed by atoms with Crippen LogP contribution in [0.15, 0.2) is 35.3 Å². The number of rotatable bonds is 8. The summed E-state index contributed by atoms with van der Waals surface area (Å²) in [4.78, 5) is 38.6. The van der Waals surface area contributed by atoms with Gasteiger partial charge in [-0.2, -0.15) is 13.2 Å². The number of aliphatic carboxylic acids is 1. The van der Waals surface area contributed by atoms with E-state index in [1.165, 1.54) is 10.5 Å². The van der Waals surface area contributed by atoms with Gasteiger partial charge in [-0.3, -0.25) is 18.9 Å². The lowest BCUT2D eigenvalue weighted by Gasteiger charge is -2.20. The molecule has 8 nitrogen and oxygen atoms in total. The van der Waals surface area contributed by atoms with Gasteiger partial charge in [-0.05, 0) is 25.1 Å². The third-order valence-electron chi connectivity index (χ3n) is 3.71. The molecule has 0 radical (unpaired) electrons. The van der Waals surface area contributed by atoms with Crippen molar-refractivity contribution in [1.29, 1.82) is 0 Å². The molecule has 0 atom stereocenters. The summed E-state index contributed by atoms with van der Waals surface area (Å²) in [5, 5.41) is 7.12. The molecule has 3 N–H and O–H groups in total. The van der Waals surface area contributed by atoms with Crippen LogP contribution in [0.3, 0.4) is 0 Å². The van der Waals surface area contributed by atoms with Crippen molar-refractivity contribution >= 4 is 17.5 Å². The first-order chi connectivity index (χ1) is 13.5. The SMILES string of the molecule is CCCCCN(CC(N)=O)Cc1cc(=O)n2ccccc2n1.O=C(O)C(F)(F)F. The number of pyridine rings is 1. The second kappa shape index (κ2) is 11.1. The summed E-state index contributed by atoms with van der Waals surface area (Å²) in [6, 6.07) is 6.94. The summed E-state index contributed by atoms with van der Waals surface area (Å²) in [5.74, 6) is -3.12. The molecule has 2 aromatic rings. The Kier molecular flexibility index (Phi) is 9.26. The van der Waals surface area contributed by atoms with E-state index in [0.29, 0.717) is 17.9 Å². The van der Waals surface area contributed by atoms with Crippen molar-refractivity contribution in [3.8, 4) is 0 Å². The van der Waals surface area contributed by atoms with Crippen molar-refractivity contribution in [2.24, 2.45) is 5.73 Å². The minimum absolute atomic E-state index is 0.117. The summed E-state index contributed by atoms with van der Waals surface area (Å²) in [6.07, 6.45) is -0.184. The number of carbonyl (C=O) groups excluding carboxylic acids is 1. The topological polar surface area (TPSA) is 118 Å². The predicted octanol–water partition coefficient (Wildman–Crippen LogP) is 1.81. The van der Waals surface area contributed by atoms with Gasteiger partial charge < -0.3 is 10.8 Å². The third kappa shape index (κ3) is 8.73. The van der Waals surface area contributed by atoms with Gasteiger partial charge in [0.2, 0.25) is 5.91 Å². The summed E-state index contributed by atoms with van der Waals surface area (Å²) in [6.45, 7) is 3.53. The smallest absolute Gasteiger partial charge is 0.475 e. The van der Waals surface area contributed by atoms with E-state index in [9.17, 15) is 22.8 Å². The summed E-state index contributed by atoms with van der Waals surface area (Å²) < 4.78 is 33.2. The first-order valence-corrected chi connectivity index (χ1v) is 8.82. The molecule has 0 aliphatic heterocycles. The fourth-order valence-electron chi connectivity index (χ4n) is 2.43. The fraction of sp³-hybridized carbons (Fsp3) is 0.444. The minimum atomic E-state index is -5.08. The van der Waals surface area contributed by atoms with Crippen LogP contribution in [-0.2, 0) is 16.1 Å². The molecule has 160 valence electrons. The van der Waals surface area contributed by atoms with Gasteiger partial charge in [0.25, 0.3) is 5.56 Å². The molecule has 0 aromatic carbocycles. The maximum absolute atomic E-state index is 12.1. The molecule has 0 bridgehead atoms. The quantitative estimate of drug-likeness (QED) is 0.634. The highest BCUT2D eigenvalue weighted by atomic mass is 19.4. The number of hydrogen-bond acceptors (Lipinski definition) is 5. The first-order valence-electron chi connectivity index (χ1n) is 8.82. The maximum atomic E-state index is 12.1. The lowest BCUT2D eigenvalue weighted by molar-refractivity contribution is -0.192. The molecule has 1 amide bonds. The largest absolute Gasteiger partial charge is 0.490 e. The van der Waals surface area contributed by atoms with Gasteiger partial charge in [0, 0.05) is 18.8 Å². The Morgan fingerprint density at radius 1 is 1.28 bits per heavy atom. The zero-order valence-electron chi connectivity index (χ0n) is 15.9. The molecule has 29 heavy (non-hydrogen) atoms. The van der Waals surface area contributed by atoms with Crippen LogP contribution in [0.25, 0.3) is 5.65 Å². The fourth-order valence-corrected chi connectivity index (χ4v) is 2.43. The molecular weight excluding hydrogens is 393 g/mol. The second-order valence-electron chi connectivity index (χ2n) is 6.20. The summed E-state index contributed by atoms with van der Waals surface area (Å²) in [5.41, 5.74) is 6.46. The van der Waals surface area contributed by atoms with Gasteiger partial charge in [0.1, 0.15) is 5.65 Å². The van der Waals surface area contributed by atoms with Crippen LogP contribution >= 0.6 is 0 Å². The Bertz CT molecular complexity index is 883. The lowest BCUT2D eigenvalue weighted by atomic mass is 10.2. The van der Waals surface area contributed by atoms with Gasteiger partial charge in [-0.1, -0.05) is 25.8 Å². The highest BCUT2D eigenvalue weighted by Crippen LogP contribution is 2.13. The van der Waals surface area contributed by atoms with Gasteiger partial charge in [-0.25, -0.2) is 9.78 Å². The van der Waals surface area contributed by atoms with Crippen LogP contribution < -0.4 is 11.3 Å². The Morgan fingerprint density at radius 3 is 2.48 bits per heavy atom. The van der Waals surface area contributed by atoms with Gasteiger partial charge in [0.05, 0.1) is 12.2 Å².